The third-order valence-corrected chi connectivity index (χ3v) is 6.47. The first-order chi connectivity index (χ1) is 17.7. The molecule has 0 saturated carbocycles. The molecule has 3 aromatic carbocycles. The van der Waals surface area contributed by atoms with E-state index in [2.05, 4.69) is 0 Å². The summed E-state index contributed by atoms with van der Waals surface area (Å²) in [4.78, 5) is 0. The SMILES string of the molecule is COc1ccc(C2OCC3O[C@H](OC)C(OCc4ccccc4)[C@H](OCc4ccccc4)[C@@H]3O2)cc1. The zero-order chi connectivity index (χ0) is 24.7. The fourth-order valence-corrected chi connectivity index (χ4v) is 4.57. The molecule has 0 N–H and O–H groups in total. The van der Waals surface area contributed by atoms with Crippen LogP contribution in [0.4, 0.5) is 0 Å². The minimum Gasteiger partial charge on any atom is -0.497 e. The van der Waals surface area contributed by atoms with Crippen LogP contribution < -0.4 is 4.74 Å². The molecule has 3 aromatic rings. The molecule has 0 aliphatic carbocycles. The van der Waals surface area contributed by atoms with Crippen LogP contribution in [0.1, 0.15) is 23.0 Å². The van der Waals surface area contributed by atoms with E-state index in [1.54, 1.807) is 14.2 Å². The zero-order valence-corrected chi connectivity index (χ0v) is 20.5. The van der Waals surface area contributed by atoms with Gasteiger partial charge in [0.15, 0.2) is 12.6 Å². The van der Waals surface area contributed by atoms with Crippen LogP contribution in [0.5, 0.6) is 5.75 Å². The molecule has 0 amide bonds. The van der Waals surface area contributed by atoms with Crippen LogP contribution in [0.3, 0.4) is 0 Å². The van der Waals surface area contributed by atoms with Gasteiger partial charge in [0.25, 0.3) is 0 Å². The minimum absolute atomic E-state index is 0.345. The average Bonchev–Trinajstić information content (AvgIpc) is 2.95. The van der Waals surface area contributed by atoms with Gasteiger partial charge in [-0.25, -0.2) is 0 Å². The van der Waals surface area contributed by atoms with Crippen molar-refractivity contribution in [3.05, 3.63) is 102 Å². The molecule has 0 radical (unpaired) electrons. The van der Waals surface area contributed by atoms with E-state index >= 15 is 0 Å². The number of methoxy groups -OCH3 is 2. The summed E-state index contributed by atoms with van der Waals surface area (Å²) in [5, 5.41) is 0. The van der Waals surface area contributed by atoms with E-state index in [4.69, 9.17) is 33.2 Å². The van der Waals surface area contributed by atoms with Gasteiger partial charge in [-0.3, -0.25) is 0 Å². The predicted molar refractivity (Wildman–Crippen MR) is 132 cm³/mol. The molecular weight excluding hydrogens is 460 g/mol. The molecule has 7 heteroatoms. The van der Waals surface area contributed by atoms with Crippen LogP contribution in [0.25, 0.3) is 0 Å². The highest BCUT2D eigenvalue weighted by Crippen LogP contribution is 2.37. The lowest BCUT2D eigenvalue weighted by Gasteiger charge is -2.48. The largest absolute Gasteiger partial charge is 0.497 e. The van der Waals surface area contributed by atoms with Crippen molar-refractivity contribution in [1.29, 1.82) is 0 Å². The van der Waals surface area contributed by atoms with E-state index < -0.39 is 30.9 Å². The van der Waals surface area contributed by atoms with Crippen molar-refractivity contribution < 1.29 is 33.2 Å². The second-order valence-electron chi connectivity index (χ2n) is 8.84. The second kappa shape index (κ2) is 12.0. The Morgan fingerprint density at radius 2 is 1.33 bits per heavy atom. The molecule has 0 aromatic heterocycles. The van der Waals surface area contributed by atoms with Crippen molar-refractivity contribution in [1.82, 2.24) is 0 Å². The summed E-state index contributed by atoms with van der Waals surface area (Å²) in [6.07, 6.45) is -2.90. The maximum atomic E-state index is 6.51. The van der Waals surface area contributed by atoms with Gasteiger partial charge in [0, 0.05) is 12.7 Å². The Morgan fingerprint density at radius 1 is 0.722 bits per heavy atom. The maximum Gasteiger partial charge on any atom is 0.186 e. The summed E-state index contributed by atoms with van der Waals surface area (Å²) < 4.78 is 42.6. The van der Waals surface area contributed by atoms with E-state index in [0.717, 1.165) is 22.4 Å². The van der Waals surface area contributed by atoms with Crippen molar-refractivity contribution in [2.75, 3.05) is 20.8 Å². The molecule has 5 rings (SSSR count). The van der Waals surface area contributed by atoms with Crippen LogP contribution in [-0.4, -0.2) is 51.5 Å². The van der Waals surface area contributed by atoms with Crippen molar-refractivity contribution in [2.45, 2.75) is 50.2 Å². The summed E-state index contributed by atoms with van der Waals surface area (Å²) in [6, 6.07) is 27.7. The highest BCUT2D eigenvalue weighted by Gasteiger charge is 2.51. The van der Waals surface area contributed by atoms with Gasteiger partial charge in [0.2, 0.25) is 0 Å². The molecule has 0 spiro atoms. The molecule has 2 aliphatic rings. The second-order valence-corrected chi connectivity index (χ2v) is 8.84. The van der Waals surface area contributed by atoms with Crippen LogP contribution >= 0.6 is 0 Å². The zero-order valence-electron chi connectivity index (χ0n) is 20.5. The molecule has 0 bridgehead atoms. The number of hydrogen-bond donors (Lipinski definition) is 0. The molecule has 2 fully saturated rings. The summed E-state index contributed by atoms with van der Waals surface area (Å²) in [7, 11) is 3.26. The first-order valence-corrected chi connectivity index (χ1v) is 12.2. The molecule has 2 aliphatic heterocycles. The fourth-order valence-electron chi connectivity index (χ4n) is 4.57. The van der Waals surface area contributed by atoms with Gasteiger partial charge in [0.05, 0.1) is 26.9 Å². The van der Waals surface area contributed by atoms with E-state index in [1.165, 1.54) is 0 Å². The lowest BCUT2D eigenvalue weighted by molar-refractivity contribution is -0.369. The molecule has 6 atom stereocenters. The third kappa shape index (κ3) is 5.78. The first-order valence-electron chi connectivity index (χ1n) is 12.2. The lowest BCUT2D eigenvalue weighted by atomic mass is 9.97. The summed E-state index contributed by atoms with van der Waals surface area (Å²) >= 11 is 0. The van der Waals surface area contributed by atoms with Gasteiger partial charge < -0.3 is 33.2 Å². The fraction of sp³-hybridized carbons (Fsp3) is 0.379. The number of hydrogen-bond acceptors (Lipinski definition) is 7. The van der Waals surface area contributed by atoms with Crippen molar-refractivity contribution in [3.8, 4) is 5.75 Å². The molecular formula is C29H32O7. The molecule has 2 saturated heterocycles. The van der Waals surface area contributed by atoms with E-state index in [0.29, 0.717) is 19.8 Å². The maximum absolute atomic E-state index is 6.51. The molecule has 190 valence electrons. The lowest BCUT2D eigenvalue weighted by Crippen LogP contribution is -2.63. The van der Waals surface area contributed by atoms with Crippen LogP contribution in [0, 0.1) is 0 Å². The Balaban J connectivity index is 1.38. The summed E-state index contributed by atoms with van der Waals surface area (Å²) in [5.74, 6) is 0.773. The van der Waals surface area contributed by atoms with Crippen molar-refractivity contribution in [2.24, 2.45) is 0 Å². The van der Waals surface area contributed by atoms with E-state index in [9.17, 15) is 0 Å². The number of rotatable bonds is 9. The van der Waals surface area contributed by atoms with Gasteiger partial charge in [-0.15, -0.1) is 0 Å². The van der Waals surface area contributed by atoms with Gasteiger partial charge in [-0.1, -0.05) is 72.8 Å². The van der Waals surface area contributed by atoms with E-state index in [1.807, 2.05) is 84.9 Å². The van der Waals surface area contributed by atoms with Gasteiger partial charge >= 0.3 is 0 Å². The Bertz CT molecular complexity index is 1060. The summed E-state index contributed by atoms with van der Waals surface area (Å²) in [5.41, 5.74) is 3.02. The van der Waals surface area contributed by atoms with Crippen molar-refractivity contribution >= 4 is 0 Å². The van der Waals surface area contributed by atoms with Crippen molar-refractivity contribution in [3.63, 3.8) is 0 Å². The predicted octanol–water partition coefficient (Wildman–Crippen LogP) is 4.65. The van der Waals surface area contributed by atoms with Crippen LogP contribution in [-0.2, 0) is 41.6 Å². The van der Waals surface area contributed by atoms with Gasteiger partial charge in [-0.05, 0) is 23.3 Å². The number of ether oxygens (including phenoxy) is 7. The molecule has 2 heterocycles. The molecule has 36 heavy (non-hydrogen) atoms. The Hall–Kier alpha value is -2.78. The number of benzene rings is 3. The Kier molecular flexibility index (Phi) is 8.28. The standard InChI is InChI=1S/C29H32O7/c1-30-23-15-13-22(14-16-23)28-34-19-24-25(36-28)26(32-17-20-9-5-3-6-10-20)27(29(31-2)35-24)33-18-21-11-7-4-8-12-21/h3-16,24-29H,17-19H2,1-2H3/t24?,25-,26-,27?,28?,29+/m1/s1. The van der Waals surface area contributed by atoms with Crippen LogP contribution in [0.15, 0.2) is 84.9 Å². The Labute approximate surface area is 211 Å². The van der Waals surface area contributed by atoms with Gasteiger partial charge in [-0.2, -0.15) is 0 Å². The smallest absolute Gasteiger partial charge is 0.186 e. The Morgan fingerprint density at radius 3 is 1.92 bits per heavy atom. The molecule has 7 nitrogen and oxygen atoms in total. The third-order valence-electron chi connectivity index (χ3n) is 6.47. The normalized spacial score (nSPS) is 27.8. The van der Waals surface area contributed by atoms with Gasteiger partial charge in [0.1, 0.15) is 30.2 Å². The number of fused-ring (bicyclic) bond motifs is 1. The first kappa shape index (κ1) is 24.9. The van der Waals surface area contributed by atoms with Crippen LogP contribution in [0.2, 0.25) is 0 Å². The monoisotopic (exact) mass is 492 g/mol. The minimum atomic E-state index is -0.625. The average molecular weight is 493 g/mol. The quantitative estimate of drug-likeness (QED) is 0.431. The molecule has 3 unspecified atom stereocenters. The highest BCUT2D eigenvalue weighted by atomic mass is 16.8. The highest BCUT2D eigenvalue weighted by molar-refractivity contribution is 5.28. The summed E-state index contributed by atoms with van der Waals surface area (Å²) in [6.45, 7) is 1.15. The topological polar surface area (TPSA) is 64.6 Å². The van der Waals surface area contributed by atoms with E-state index in [-0.39, 0.29) is 6.10 Å².